The Hall–Kier alpha value is -0.970. The van der Waals surface area contributed by atoms with Crippen molar-refractivity contribution in [3.8, 4) is 0 Å². The molecule has 2 saturated heterocycles. The molecule has 10 atom stereocenters. The maximum Gasteiger partial charge on any atom is 0.303 e. The van der Waals surface area contributed by atoms with E-state index in [1.54, 1.807) is 0 Å². The van der Waals surface area contributed by atoms with Gasteiger partial charge in [-0.3, -0.25) is 4.79 Å². The van der Waals surface area contributed by atoms with Crippen molar-refractivity contribution in [2.75, 3.05) is 19.8 Å². The minimum absolute atomic E-state index is 0.0118. The standard InChI is InChI=1S/C16H29NO12/c17-3-4-26-16-14(12(24)10(22)7(5-18)28-16)29-15-13(25)11(23)9(21)6(27-15)1-2-8(19)20/h6-7,9-16,18,21-25H,1-5,17H2,(H,19,20). The van der Waals surface area contributed by atoms with Crippen molar-refractivity contribution < 1.29 is 59.5 Å². The fourth-order valence-corrected chi connectivity index (χ4v) is 3.21. The summed E-state index contributed by atoms with van der Waals surface area (Å²) in [6.07, 6.45) is -15.4. The van der Waals surface area contributed by atoms with E-state index in [0.717, 1.165) is 0 Å². The largest absolute Gasteiger partial charge is 0.481 e. The molecule has 2 rings (SSSR count). The number of carboxylic acids is 1. The van der Waals surface area contributed by atoms with E-state index in [-0.39, 0.29) is 26.0 Å². The van der Waals surface area contributed by atoms with Crippen molar-refractivity contribution in [1.29, 1.82) is 0 Å². The second kappa shape index (κ2) is 10.9. The molecule has 0 spiro atoms. The van der Waals surface area contributed by atoms with Gasteiger partial charge in [0.15, 0.2) is 12.6 Å². The summed E-state index contributed by atoms with van der Waals surface area (Å²) in [5.74, 6) is -1.15. The zero-order chi connectivity index (χ0) is 21.7. The number of carboxylic acid groups (broad SMARTS) is 1. The number of rotatable bonds is 9. The Morgan fingerprint density at radius 3 is 2.10 bits per heavy atom. The van der Waals surface area contributed by atoms with E-state index < -0.39 is 74.0 Å². The van der Waals surface area contributed by atoms with Crippen LogP contribution < -0.4 is 5.73 Å². The molecule has 2 fully saturated rings. The van der Waals surface area contributed by atoms with Crippen molar-refractivity contribution in [2.45, 2.75) is 74.3 Å². The number of aliphatic carboxylic acids is 1. The minimum Gasteiger partial charge on any atom is -0.481 e. The van der Waals surface area contributed by atoms with Gasteiger partial charge in [-0.2, -0.15) is 0 Å². The Kier molecular flexibility index (Phi) is 9.12. The lowest BCUT2D eigenvalue weighted by Crippen LogP contribution is -2.64. The molecule has 0 saturated carbocycles. The summed E-state index contributed by atoms with van der Waals surface area (Å²) >= 11 is 0. The number of nitrogens with two attached hydrogens (primary N) is 1. The molecule has 2 aliphatic heterocycles. The highest BCUT2D eigenvalue weighted by atomic mass is 16.8. The fourth-order valence-electron chi connectivity index (χ4n) is 3.21. The number of aliphatic hydroxyl groups excluding tert-OH is 6. The smallest absolute Gasteiger partial charge is 0.303 e. The molecule has 0 aromatic rings. The normalized spacial score (nSPS) is 43.3. The average Bonchev–Trinajstić information content (AvgIpc) is 2.69. The van der Waals surface area contributed by atoms with Crippen LogP contribution in [0.15, 0.2) is 0 Å². The van der Waals surface area contributed by atoms with E-state index in [4.69, 9.17) is 29.8 Å². The van der Waals surface area contributed by atoms with Gasteiger partial charge in [-0.15, -0.1) is 0 Å². The SMILES string of the molecule is NCCOC1OC(CO)C(O)C(O)C1OC1OC(CCC(=O)O)C(O)C(O)C1O. The molecule has 29 heavy (non-hydrogen) atoms. The van der Waals surface area contributed by atoms with Crippen LogP contribution in [0.2, 0.25) is 0 Å². The highest BCUT2D eigenvalue weighted by molar-refractivity contribution is 5.66. The van der Waals surface area contributed by atoms with Crippen LogP contribution >= 0.6 is 0 Å². The Bertz CT molecular complexity index is 524. The monoisotopic (exact) mass is 427 g/mol. The van der Waals surface area contributed by atoms with Gasteiger partial charge in [0, 0.05) is 13.0 Å². The third-order valence-corrected chi connectivity index (χ3v) is 4.83. The first-order valence-corrected chi connectivity index (χ1v) is 9.22. The van der Waals surface area contributed by atoms with E-state index in [1.165, 1.54) is 0 Å². The van der Waals surface area contributed by atoms with Crippen LogP contribution in [0.5, 0.6) is 0 Å². The first-order valence-electron chi connectivity index (χ1n) is 9.22. The maximum absolute atomic E-state index is 10.8. The minimum atomic E-state index is -1.75. The lowest BCUT2D eigenvalue weighted by molar-refractivity contribution is -0.366. The highest BCUT2D eigenvalue weighted by Crippen LogP contribution is 2.30. The molecule has 0 radical (unpaired) electrons. The average molecular weight is 427 g/mol. The molecule has 13 nitrogen and oxygen atoms in total. The molecule has 0 aromatic heterocycles. The summed E-state index contributed by atoms with van der Waals surface area (Å²) in [6, 6.07) is 0. The lowest BCUT2D eigenvalue weighted by atomic mass is 9.95. The van der Waals surface area contributed by atoms with Crippen molar-refractivity contribution in [3.63, 3.8) is 0 Å². The summed E-state index contributed by atoms with van der Waals surface area (Å²) in [7, 11) is 0. The van der Waals surface area contributed by atoms with Crippen LogP contribution in [-0.4, -0.2) is 123 Å². The Labute approximate surface area is 166 Å². The van der Waals surface area contributed by atoms with Gasteiger partial charge in [0.2, 0.25) is 0 Å². The zero-order valence-corrected chi connectivity index (χ0v) is 15.6. The van der Waals surface area contributed by atoms with Gasteiger partial charge in [-0.25, -0.2) is 0 Å². The van der Waals surface area contributed by atoms with E-state index in [9.17, 15) is 35.4 Å². The molecule has 2 aliphatic rings. The first kappa shape index (κ1) is 24.3. The van der Waals surface area contributed by atoms with Gasteiger partial charge in [0.25, 0.3) is 0 Å². The maximum atomic E-state index is 10.8. The van der Waals surface area contributed by atoms with Gasteiger partial charge in [-0.1, -0.05) is 0 Å². The van der Waals surface area contributed by atoms with E-state index in [1.807, 2.05) is 0 Å². The van der Waals surface area contributed by atoms with Crippen molar-refractivity contribution in [3.05, 3.63) is 0 Å². The number of hydrogen-bond acceptors (Lipinski definition) is 12. The second-order valence-electron chi connectivity index (χ2n) is 6.91. The summed E-state index contributed by atoms with van der Waals surface area (Å²) in [4.78, 5) is 10.8. The Morgan fingerprint density at radius 1 is 0.897 bits per heavy atom. The molecule has 2 heterocycles. The van der Waals surface area contributed by atoms with Crippen LogP contribution in [0.4, 0.5) is 0 Å². The Morgan fingerprint density at radius 2 is 1.52 bits per heavy atom. The second-order valence-corrected chi connectivity index (χ2v) is 6.91. The fraction of sp³-hybridized carbons (Fsp3) is 0.938. The van der Waals surface area contributed by atoms with Gasteiger partial charge in [0.1, 0.15) is 42.7 Å². The quantitative estimate of drug-likeness (QED) is 0.174. The molecule has 0 bridgehead atoms. The van der Waals surface area contributed by atoms with Crippen LogP contribution in [0.25, 0.3) is 0 Å². The van der Waals surface area contributed by atoms with Crippen molar-refractivity contribution in [2.24, 2.45) is 5.73 Å². The molecule has 9 N–H and O–H groups in total. The molecular formula is C16H29NO12. The van der Waals surface area contributed by atoms with Crippen LogP contribution in [-0.2, 0) is 23.7 Å². The summed E-state index contributed by atoms with van der Waals surface area (Å²) in [6.45, 7) is -0.528. The van der Waals surface area contributed by atoms with Crippen LogP contribution in [0.3, 0.4) is 0 Å². The molecule has 0 aromatic carbocycles. The van der Waals surface area contributed by atoms with Crippen LogP contribution in [0.1, 0.15) is 12.8 Å². The Balaban J connectivity index is 2.14. The number of carbonyl (C=O) groups is 1. The lowest BCUT2D eigenvalue weighted by Gasteiger charge is -2.46. The summed E-state index contributed by atoms with van der Waals surface area (Å²) in [5, 5.41) is 68.8. The molecule has 0 aliphatic carbocycles. The number of aliphatic hydroxyl groups is 6. The first-order chi connectivity index (χ1) is 13.7. The summed E-state index contributed by atoms with van der Waals surface area (Å²) in [5.41, 5.74) is 5.38. The van der Waals surface area contributed by atoms with Gasteiger partial charge < -0.3 is 60.4 Å². The van der Waals surface area contributed by atoms with E-state index in [0.29, 0.717) is 0 Å². The van der Waals surface area contributed by atoms with E-state index in [2.05, 4.69) is 0 Å². The molecule has 13 heteroatoms. The third kappa shape index (κ3) is 5.80. The zero-order valence-electron chi connectivity index (χ0n) is 15.6. The summed E-state index contributed by atoms with van der Waals surface area (Å²) < 4.78 is 21.6. The van der Waals surface area contributed by atoms with Crippen molar-refractivity contribution in [1.82, 2.24) is 0 Å². The number of hydrogen-bond donors (Lipinski definition) is 8. The third-order valence-electron chi connectivity index (χ3n) is 4.83. The van der Waals surface area contributed by atoms with Gasteiger partial charge in [-0.05, 0) is 6.42 Å². The van der Waals surface area contributed by atoms with Crippen LogP contribution in [0, 0.1) is 0 Å². The van der Waals surface area contributed by atoms with Crippen molar-refractivity contribution >= 4 is 5.97 Å². The highest BCUT2D eigenvalue weighted by Gasteiger charge is 2.50. The van der Waals surface area contributed by atoms with E-state index >= 15 is 0 Å². The van der Waals surface area contributed by atoms with Gasteiger partial charge >= 0.3 is 5.97 Å². The predicted octanol–water partition coefficient (Wildman–Crippen LogP) is -4.54. The molecule has 10 unspecified atom stereocenters. The van der Waals surface area contributed by atoms with Gasteiger partial charge in [0.05, 0.1) is 19.3 Å². The molecular weight excluding hydrogens is 398 g/mol. The predicted molar refractivity (Wildman–Crippen MR) is 91.2 cm³/mol. The topological polar surface area (TPSA) is 222 Å². The molecule has 170 valence electrons. The number of ether oxygens (including phenoxy) is 4. The molecule has 0 amide bonds.